The van der Waals surface area contributed by atoms with Crippen LogP contribution < -0.4 is 23.8 Å². The predicted molar refractivity (Wildman–Crippen MR) is 183 cm³/mol. The Hall–Kier alpha value is -4.19. The molecule has 2 aliphatic rings. The Bertz CT molecular complexity index is 1700. The van der Waals surface area contributed by atoms with Crippen LogP contribution >= 0.6 is 23.4 Å². The van der Waals surface area contributed by atoms with Crippen LogP contribution in [-0.4, -0.2) is 86.5 Å². The molecule has 1 amide bonds. The van der Waals surface area contributed by atoms with E-state index < -0.39 is 0 Å². The number of rotatable bonds is 12. The summed E-state index contributed by atoms with van der Waals surface area (Å²) in [4.78, 5) is 28.8. The topological polar surface area (TPSA) is 89.5 Å². The van der Waals surface area contributed by atoms with Gasteiger partial charge in [0.15, 0.2) is 28.2 Å². The van der Waals surface area contributed by atoms with Gasteiger partial charge in [0.2, 0.25) is 6.79 Å². The van der Waals surface area contributed by atoms with Crippen molar-refractivity contribution in [2.24, 2.45) is 0 Å². The van der Waals surface area contributed by atoms with Crippen LogP contribution in [0.25, 0.3) is 0 Å². The predicted octanol–water partition coefficient (Wildman–Crippen LogP) is 5.81. The highest BCUT2D eigenvalue weighted by Gasteiger charge is 2.23. The largest absolute Gasteiger partial charge is 0.493 e. The molecule has 47 heavy (non-hydrogen) atoms. The van der Waals surface area contributed by atoms with Crippen LogP contribution in [0.1, 0.15) is 27.0 Å². The zero-order chi connectivity index (χ0) is 32.8. The number of thioether (sulfide) groups is 1. The second-order valence-electron chi connectivity index (χ2n) is 11.4. The van der Waals surface area contributed by atoms with Crippen molar-refractivity contribution < 1.29 is 23.7 Å². The van der Waals surface area contributed by atoms with E-state index in [0.29, 0.717) is 46.2 Å². The smallest absolute Gasteiger partial charge is 0.253 e. The van der Waals surface area contributed by atoms with Gasteiger partial charge in [0.1, 0.15) is 11.0 Å². The number of fused-ring (bicyclic) bond motifs is 1. The molecule has 10 nitrogen and oxygen atoms in total. The summed E-state index contributed by atoms with van der Waals surface area (Å²) in [6, 6.07) is 21.6. The highest BCUT2D eigenvalue weighted by molar-refractivity contribution is 7.98. The fourth-order valence-corrected chi connectivity index (χ4v) is 6.61. The lowest BCUT2D eigenvalue weighted by Crippen LogP contribution is -2.48. The first kappa shape index (κ1) is 32.7. The number of hydrogen-bond donors (Lipinski definition) is 0. The molecule has 3 aromatic carbocycles. The number of anilines is 1. The van der Waals surface area contributed by atoms with Gasteiger partial charge in [-0.2, -0.15) is 0 Å². The molecular weight excluding hydrogens is 638 g/mol. The fraction of sp³-hybridized carbons (Fsp3) is 0.343. The van der Waals surface area contributed by atoms with Crippen LogP contribution in [0.2, 0.25) is 5.15 Å². The standard InChI is InChI=1S/C35H38ClN5O5S/c1-39(13-12-24-6-10-28(43-2)30(18-24)44-3)33-20-32(36)37-35(38-33)47-22-25-4-8-27(9-5-25)34(42)41-16-14-40(15-17-41)21-26-7-11-29-31(19-26)46-23-45-29/h4-11,18-20H,12-17,21-23H2,1-3H3. The van der Waals surface area contributed by atoms with Crippen LogP contribution in [0.4, 0.5) is 5.82 Å². The van der Waals surface area contributed by atoms with Crippen molar-refractivity contribution in [3.05, 3.63) is 94.1 Å². The Balaban J connectivity index is 0.979. The first-order chi connectivity index (χ1) is 22.9. The third kappa shape index (κ3) is 8.22. The maximum atomic E-state index is 13.2. The van der Waals surface area contributed by atoms with Gasteiger partial charge in [0.05, 0.1) is 14.2 Å². The lowest BCUT2D eigenvalue weighted by molar-refractivity contribution is 0.0628. The third-order valence-corrected chi connectivity index (χ3v) is 9.42. The van der Waals surface area contributed by atoms with Crippen molar-refractivity contribution in [1.82, 2.24) is 19.8 Å². The van der Waals surface area contributed by atoms with Gasteiger partial charge < -0.3 is 28.7 Å². The van der Waals surface area contributed by atoms with Gasteiger partial charge >= 0.3 is 0 Å². The number of carbonyl (C=O) groups excluding carboxylic acids is 1. The SMILES string of the molecule is COc1ccc(CCN(C)c2cc(Cl)nc(SCc3ccc(C(=O)N4CCN(Cc5ccc6c(c5)OCO6)CC4)cc3)n2)cc1OC. The fourth-order valence-electron chi connectivity index (χ4n) is 5.57. The number of ether oxygens (including phenoxy) is 4. The van der Waals surface area contributed by atoms with Gasteiger partial charge in [0.25, 0.3) is 5.91 Å². The highest BCUT2D eigenvalue weighted by atomic mass is 35.5. The number of piperazine rings is 1. The lowest BCUT2D eigenvalue weighted by Gasteiger charge is -2.34. The summed E-state index contributed by atoms with van der Waals surface area (Å²) < 4.78 is 21.7. The average molecular weight is 676 g/mol. The van der Waals surface area contributed by atoms with E-state index in [2.05, 4.69) is 20.9 Å². The molecule has 6 rings (SSSR count). The molecule has 0 atom stereocenters. The minimum absolute atomic E-state index is 0.0610. The Morgan fingerprint density at radius 2 is 1.60 bits per heavy atom. The first-order valence-corrected chi connectivity index (χ1v) is 16.8. The molecule has 0 bridgehead atoms. The number of hydrogen-bond acceptors (Lipinski definition) is 10. The normalized spacial score (nSPS) is 14.3. The van der Waals surface area contributed by atoms with Gasteiger partial charge in [-0.25, -0.2) is 9.97 Å². The Morgan fingerprint density at radius 1 is 0.872 bits per heavy atom. The molecule has 1 fully saturated rings. The van der Waals surface area contributed by atoms with E-state index in [4.69, 9.17) is 35.5 Å². The van der Waals surface area contributed by atoms with E-state index in [1.807, 2.05) is 66.5 Å². The molecule has 0 radical (unpaired) electrons. The van der Waals surface area contributed by atoms with E-state index in [0.717, 1.165) is 61.0 Å². The zero-order valence-corrected chi connectivity index (χ0v) is 28.4. The molecule has 1 aromatic heterocycles. The Kier molecular flexibility index (Phi) is 10.5. The highest BCUT2D eigenvalue weighted by Crippen LogP contribution is 2.33. The molecule has 2 aliphatic heterocycles. The summed E-state index contributed by atoms with van der Waals surface area (Å²) in [7, 11) is 5.25. The van der Waals surface area contributed by atoms with E-state index >= 15 is 0 Å². The second-order valence-corrected chi connectivity index (χ2v) is 12.8. The quantitative estimate of drug-likeness (QED) is 0.104. The molecule has 3 heterocycles. The Labute approximate surface area is 284 Å². The van der Waals surface area contributed by atoms with E-state index in [1.165, 1.54) is 17.3 Å². The van der Waals surface area contributed by atoms with Gasteiger partial charge in [-0.15, -0.1) is 0 Å². The van der Waals surface area contributed by atoms with Crippen LogP contribution in [0, 0.1) is 0 Å². The van der Waals surface area contributed by atoms with Crippen molar-refractivity contribution in [3.8, 4) is 23.0 Å². The molecule has 0 unspecified atom stereocenters. The lowest BCUT2D eigenvalue weighted by atomic mass is 10.1. The molecule has 246 valence electrons. The van der Waals surface area contributed by atoms with Gasteiger partial charge in [-0.05, 0) is 59.5 Å². The Morgan fingerprint density at radius 3 is 2.36 bits per heavy atom. The van der Waals surface area contributed by atoms with Crippen LogP contribution in [0.5, 0.6) is 23.0 Å². The number of nitrogens with zero attached hydrogens (tertiary/aromatic N) is 5. The first-order valence-electron chi connectivity index (χ1n) is 15.5. The number of benzene rings is 3. The second kappa shape index (κ2) is 15.1. The molecule has 0 spiro atoms. The number of carbonyl (C=O) groups is 1. The van der Waals surface area contributed by atoms with Crippen LogP contribution in [0.15, 0.2) is 71.9 Å². The van der Waals surface area contributed by atoms with Gasteiger partial charge in [0, 0.05) is 63.7 Å². The molecule has 1 saturated heterocycles. The van der Waals surface area contributed by atoms with Crippen molar-refractivity contribution in [2.45, 2.75) is 23.9 Å². The molecule has 0 N–H and O–H groups in total. The monoisotopic (exact) mass is 675 g/mol. The van der Waals surface area contributed by atoms with Crippen molar-refractivity contribution in [1.29, 1.82) is 0 Å². The number of likely N-dealkylation sites (N-methyl/N-ethyl adjacent to an activating group) is 1. The minimum Gasteiger partial charge on any atom is -0.493 e. The van der Waals surface area contributed by atoms with Crippen molar-refractivity contribution in [2.75, 3.05) is 65.7 Å². The molecule has 0 saturated carbocycles. The van der Waals surface area contributed by atoms with E-state index in [-0.39, 0.29) is 12.7 Å². The number of aromatic nitrogens is 2. The maximum absolute atomic E-state index is 13.2. The molecular formula is C35H38ClN5O5S. The number of methoxy groups -OCH3 is 2. The number of amides is 1. The van der Waals surface area contributed by atoms with Crippen molar-refractivity contribution >= 4 is 35.1 Å². The van der Waals surface area contributed by atoms with E-state index in [1.54, 1.807) is 20.3 Å². The summed E-state index contributed by atoms with van der Waals surface area (Å²) in [5.74, 6) is 4.48. The average Bonchev–Trinajstić information content (AvgIpc) is 3.57. The number of halogens is 1. The van der Waals surface area contributed by atoms with Gasteiger partial charge in [-0.3, -0.25) is 9.69 Å². The summed E-state index contributed by atoms with van der Waals surface area (Å²) in [6.45, 7) is 4.86. The van der Waals surface area contributed by atoms with Crippen molar-refractivity contribution in [3.63, 3.8) is 0 Å². The minimum atomic E-state index is 0.0610. The third-order valence-electron chi connectivity index (χ3n) is 8.31. The van der Waals surface area contributed by atoms with Gasteiger partial charge in [-0.1, -0.05) is 47.6 Å². The summed E-state index contributed by atoms with van der Waals surface area (Å²) in [6.07, 6.45) is 0.795. The molecule has 0 aliphatic carbocycles. The summed E-state index contributed by atoms with van der Waals surface area (Å²) in [5.41, 5.74) is 4.08. The van der Waals surface area contributed by atoms with E-state index in [9.17, 15) is 4.79 Å². The summed E-state index contributed by atoms with van der Waals surface area (Å²) in [5, 5.41) is 0.997. The maximum Gasteiger partial charge on any atom is 0.253 e. The zero-order valence-electron chi connectivity index (χ0n) is 26.8. The van der Waals surface area contributed by atoms with Crippen LogP contribution in [-0.2, 0) is 18.7 Å². The molecule has 4 aromatic rings. The summed E-state index contributed by atoms with van der Waals surface area (Å²) >= 11 is 7.90. The molecule has 12 heteroatoms. The van der Waals surface area contributed by atoms with Crippen LogP contribution in [0.3, 0.4) is 0 Å².